The van der Waals surface area contributed by atoms with Crippen molar-refractivity contribution in [3.05, 3.63) is 95.1 Å². The first-order valence-corrected chi connectivity index (χ1v) is 15.8. The maximum Gasteiger partial charge on any atom is 0.310 e. The fourth-order valence-corrected chi connectivity index (χ4v) is 8.74. The van der Waals surface area contributed by atoms with E-state index in [1.165, 1.54) is 19.2 Å². The van der Waals surface area contributed by atoms with Gasteiger partial charge in [0.2, 0.25) is 0 Å². The van der Waals surface area contributed by atoms with Gasteiger partial charge in [-0.05, 0) is 66.2 Å². The first-order chi connectivity index (χ1) is 21.8. The summed E-state index contributed by atoms with van der Waals surface area (Å²) in [5.74, 6) is -3.25. The lowest BCUT2D eigenvalue weighted by Gasteiger charge is -2.59. The number of carbonyl (C=O) groups is 2. The van der Waals surface area contributed by atoms with Gasteiger partial charge in [-0.15, -0.1) is 0 Å². The third-order valence-electron chi connectivity index (χ3n) is 10.7. The first-order valence-electron chi connectivity index (χ1n) is 15.8. The van der Waals surface area contributed by atoms with Crippen LogP contribution in [0.2, 0.25) is 0 Å². The molecule has 0 spiro atoms. The van der Waals surface area contributed by atoms with Crippen LogP contribution >= 0.6 is 0 Å². The third kappa shape index (κ3) is 4.51. The zero-order valence-electron chi connectivity index (χ0n) is 26.6. The number of Topliss-reactive ketones (excluding diaryl/α,β-unsaturated/α-hetero) is 1. The van der Waals surface area contributed by atoms with Crippen LogP contribution in [-0.4, -0.2) is 64.6 Å². The minimum atomic E-state index is -1.81. The Morgan fingerprint density at radius 2 is 1.87 bits per heavy atom. The monoisotopic (exact) mass is 628 g/mol. The van der Waals surface area contributed by atoms with Crippen LogP contribution in [0.3, 0.4) is 0 Å². The average molecular weight is 629 g/mol. The van der Waals surface area contributed by atoms with Gasteiger partial charge in [-0.2, -0.15) is 0 Å². The van der Waals surface area contributed by atoms with Crippen LogP contribution in [0.15, 0.2) is 84.0 Å². The zero-order valence-corrected chi connectivity index (χ0v) is 26.6. The molecule has 3 fully saturated rings. The Morgan fingerprint density at radius 3 is 2.59 bits per heavy atom. The van der Waals surface area contributed by atoms with Crippen molar-refractivity contribution in [3.63, 3.8) is 0 Å². The van der Waals surface area contributed by atoms with E-state index in [1.54, 1.807) is 13.0 Å². The Bertz CT molecular complexity index is 1680. The molecule has 9 heteroatoms. The second-order valence-corrected chi connectivity index (χ2v) is 13.7. The second-order valence-electron chi connectivity index (χ2n) is 13.7. The van der Waals surface area contributed by atoms with Crippen molar-refractivity contribution in [3.8, 4) is 11.5 Å². The first kappa shape index (κ1) is 30.9. The number of phenols is 1. The number of ketones is 1. The summed E-state index contributed by atoms with van der Waals surface area (Å²) < 4.78 is 31.8. The molecule has 3 bridgehead atoms. The molecule has 7 rings (SSSR count). The van der Waals surface area contributed by atoms with E-state index in [9.17, 15) is 19.8 Å². The number of aliphatic hydroxyl groups is 1. The van der Waals surface area contributed by atoms with Crippen molar-refractivity contribution >= 4 is 11.8 Å². The molecular weight excluding hydrogens is 588 g/mol. The fraction of sp³-hybridized carbons (Fsp3) is 0.459. The molecule has 0 amide bonds. The number of methoxy groups -OCH3 is 1. The van der Waals surface area contributed by atoms with Gasteiger partial charge in [-0.25, -0.2) is 0 Å². The van der Waals surface area contributed by atoms with Crippen LogP contribution in [-0.2, 0) is 41.4 Å². The average Bonchev–Trinajstić information content (AvgIpc) is 3.31. The van der Waals surface area contributed by atoms with Gasteiger partial charge in [0.1, 0.15) is 35.4 Å². The molecular formula is C37H40O9. The topological polar surface area (TPSA) is 121 Å². The highest BCUT2D eigenvalue weighted by Gasteiger charge is 2.79. The van der Waals surface area contributed by atoms with Gasteiger partial charge in [0.05, 0.1) is 25.6 Å². The smallest absolute Gasteiger partial charge is 0.310 e. The van der Waals surface area contributed by atoms with E-state index in [2.05, 4.69) is 13.5 Å². The Hall–Kier alpha value is -3.76. The third-order valence-corrected chi connectivity index (χ3v) is 10.7. The number of hydrogen-bond acceptors (Lipinski definition) is 9. The van der Waals surface area contributed by atoms with Crippen molar-refractivity contribution in [1.29, 1.82) is 0 Å². The van der Waals surface area contributed by atoms with E-state index in [-0.39, 0.29) is 36.9 Å². The molecule has 5 aliphatic rings. The molecule has 2 saturated heterocycles. The van der Waals surface area contributed by atoms with Gasteiger partial charge in [-0.1, -0.05) is 56.0 Å². The molecule has 2 aromatic rings. The Morgan fingerprint density at radius 1 is 1.11 bits per heavy atom. The summed E-state index contributed by atoms with van der Waals surface area (Å²) in [6.07, 6.45) is 4.06. The maximum absolute atomic E-state index is 13.8. The number of esters is 1. The van der Waals surface area contributed by atoms with Crippen molar-refractivity contribution in [2.75, 3.05) is 13.7 Å². The molecule has 2 N–H and O–H groups in total. The molecule has 3 aliphatic carbocycles. The number of fused-ring (bicyclic) bond motifs is 2. The second kappa shape index (κ2) is 10.6. The molecule has 8 atom stereocenters. The standard InChI is InChI=1S/C37H40O9/c1-21(2)35-17-23(4)37-29(33(35)44-36(45-35,46-37)19-24-9-7-6-8-10-24)14-26(18-34(41)30(37)11-22(3)32(34)40)20-43-31(39)15-25-12-27(38)16-28(13-25)42-5/h6-14,16,23,29-30,33,38,41H,1,15,17-20H2,2-5H3. The van der Waals surface area contributed by atoms with E-state index in [4.69, 9.17) is 23.7 Å². The Kier molecular flexibility index (Phi) is 7.14. The predicted molar refractivity (Wildman–Crippen MR) is 167 cm³/mol. The van der Waals surface area contributed by atoms with Crippen molar-refractivity contribution < 1.29 is 43.5 Å². The van der Waals surface area contributed by atoms with E-state index in [1.807, 2.05) is 49.4 Å². The maximum atomic E-state index is 13.8. The van der Waals surface area contributed by atoms with E-state index < -0.39 is 46.7 Å². The summed E-state index contributed by atoms with van der Waals surface area (Å²) in [6, 6.07) is 14.4. The fourth-order valence-electron chi connectivity index (χ4n) is 8.74. The van der Waals surface area contributed by atoms with Crippen LogP contribution < -0.4 is 4.74 Å². The van der Waals surface area contributed by atoms with Crippen LogP contribution in [0.5, 0.6) is 11.5 Å². The molecule has 0 radical (unpaired) electrons. The summed E-state index contributed by atoms with van der Waals surface area (Å²) in [6.45, 7) is 9.96. The van der Waals surface area contributed by atoms with Gasteiger partial charge in [-0.3, -0.25) is 9.59 Å². The molecule has 0 aromatic heterocycles. The lowest BCUT2D eigenvalue weighted by Crippen LogP contribution is -2.70. The normalized spacial score (nSPS) is 37.1. The minimum Gasteiger partial charge on any atom is -0.508 e. The molecule has 1 saturated carbocycles. The Labute approximate surface area is 268 Å². The molecule has 242 valence electrons. The number of phenolic OH excluding ortho intramolecular Hbond substituents is 1. The lowest BCUT2D eigenvalue weighted by atomic mass is 9.55. The summed E-state index contributed by atoms with van der Waals surface area (Å²) in [7, 11) is 1.48. The van der Waals surface area contributed by atoms with Crippen LogP contribution in [0.25, 0.3) is 0 Å². The van der Waals surface area contributed by atoms with Crippen LogP contribution in [0.4, 0.5) is 0 Å². The zero-order chi connectivity index (χ0) is 32.6. The number of rotatable bonds is 8. The number of carbonyl (C=O) groups excluding carboxylic acids is 2. The number of ether oxygens (including phenoxy) is 5. The highest BCUT2D eigenvalue weighted by atomic mass is 16.9. The Balaban J connectivity index is 1.27. The van der Waals surface area contributed by atoms with Crippen LogP contribution in [0, 0.1) is 17.8 Å². The summed E-state index contributed by atoms with van der Waals surface area (Å²) >= 11 is 0. The molecule has 8 unspecified atom stereocenters. The van der Waals surface area contributed by atoms with Gasteiger partial charge >= 0.3 is 5.97 Å². The number of hydrogen-bond donors (Lipinski definition) is 2. The largest absolute Gasteiger partial charge is 0.508 e. The van der Waals surface area contributed by atoms with E-state index >= 15 is 0 Å². The summed E-state index contributed by atoms with van der Waals surface area (Å²) in [4.78, 5) is 26.8. The SMILES string of the molecule is C=C(C)C12CC(C)C34OC(Cc5ccccc5)(OC1C3C=C(COC(=O)Cc1cc(O)cc(OC)c1)CC1(O)C(=O)C(C)=CC14)O2. The number of aromatic hydroxyl groups is 1. The molecule has 46 heavy (non-hydrogen) atoms. The molecule has 2 heterocycles. The van der Waals surface area contributed by atoms with E-state index in [0.29, 0.717) is 35.3 Å². The van der Waals surface area contributed by atoms with Crippen LogP contribution in [0.1, 0.15) is 44.7 Å². The molecule has 2 aromatic carbocycles. The highest BCUT2D eigenvalue weighted by Crippen LogP contribution is 2.68. The summed E-state index contributed by atoms with van der Waals surface area (Å²) in [5, 5.41) is 22.4. The van der Waals surface area contributed by atoms with Gasteiger partial charge in [0, 0.05) is 24.3 Å². The van der Waals surface area contributed by atoms with Crippen molar-refractivity contribution in [1.82, 2.24) is 0 Å². The van der Waals surface area contributed by atoms with Gasteiger partial charge < -0.3 is 33.9 Å². The lowest BCUT2D eigenvalue weighted by molar-refractivity contribution is -0.421. The van der Waals surface area contributed by atoms with Crippen molar-refractivity contribution in [2.24, 2.45) is 17.8 Å². The van der Waals surface area contributed by atoms with Gasteiger partial charge in [0.15, 0.2) is 5.78 Å². The van der Waals surface area contributed by atoms with E-state index in [0.717, 1.165) is 11.1 Å². The minimum absolute atomic E-state index is 0.0226. The molecule has 9 nitrogen and oxygen atoms in total. The number of benzene rings is 2. The highest BCUT2D eigenvalue weighted by molar-refractivity contribution is 6.04. The van der Waals surface area contributed by atoms with Gasteiger partial charge in [0.25, 0.3) is 5.97 Å². The van der Waals surface area contributed by atoms with Crippen molar-refractivity contribution in [2.45, 2.75) is 75.3 Å². The summed E-state index contributed by atoms with van der Waals surface area (Å²) in [5.41, 5.74) is -0.353. The quantitative estimate of drug-likeness (QED) is 0.315. The predicted octanol–water partition coefficient (Wildman–Crippen LogP) is 4.74. The molecule has 2 aliphatic heterocycles.